The summed E-state index contributed by atoms with van der Waals surface area (Å²) in [6.45, 7) is 4.91. The Morgan fingerprint density at radius 3 is 2.72 bits per heavy atom. The van der Waals surface area contributed by atoms with Crippen molar-refractivity contribution < 1.29 is 8.42 Å². The highest BCUT2D eigenvalue weighted by molar-refractivity contribution is 7.89. The molecule has 1 aromatic rings. The third kappa shape index (κ3) is 2.57. The van der Waals surface area contributed by atoms with Gasteiger partial charge in [0.1, 0.15) is 4.90 Å². The largest absolute Gasteiger partial charge is 0.302 e. The molecule has 1 saturated heterocycles. The average molecular weight is 272 g/mol. The van der Waals surface area contributed by atoms with E-state index >= 15 is 0 Å². The van der Waals surface area contributed by atoms with E-state index in [1.54, 1.807) is 13.8 Å². The Hall–Kier alpha value is -0.920. The fraction of sp³-hybridized carbons (Fsp3) is 0.727. The molecule has 0 spiro atoms. The number of nitrogens with one attached hydrogen (secondary N) is 2. The molecule has 0 aliphatic carbocycles. The lowest BCUT2D eigenvalue weighted by Crippen LogP contribution is -2.38. The van der Waals surface area contributed by atoms with E-state index in [0.29, 0.717) is 24.0 Å². The summed E-state index contributed by atoms with van der Waals surface area (Å²) in [5.41, 5.74) is 1.10. The van der Waals surface area contributed by atoms with Gasteiger partial charge in [0.25, 0.3) is 0 Å². The molecule has 7 heteroatoms. The number of aromatic amines is 1. The second-order valence-corrected chi connectivity index (χ2v) is 6.60. The van der Waals surface area contributed by atoms with Crippen LogP contribution in [0, 0.1) is 13.8 Å². The molecular weight excluding hydrogens is 252 g/mol. The highest BCUT2D eigenvalue weighted by Crippen LogP contribution is 2.18. The van der Waals surface area contributed by atoms with Crippen molar-refractivity contribution in [2.45, 2.75) is 37.6 Å². The first-order valence-corrected chi connectivity index (χ1v) is 7.61. The number of likely N-dealkylation sites (tertiary alicyclic amines) is 1. The zero-order chi connectivity index (χ0) is 13.3. The van der Waals surface area contributed by atoms with Crippen LogP contribution in [0.15, 0.2) is 4.90 Å². The van der Waals surface area contributed by atoms with Crippen molar-refractivity contribution in [3.63, 3.8) is 0 Å². The van der Waals surface area contributed by atoms with Crippen LogP contribution in [-0.2, 0) is 10.0 Å². The molecule has 1 aliphatic heterocycles. The number of nitrogens with zero attached hydrogens (tertiary/aromatic N) is 2. The minimum Gasteiger partial charge on any atom is -0.302 e. The van der Waals surface area contributed by atoms with Gasteiger partial charge in [0.15, 0.2) is 0 Å². The Kier molecular flexibility index (Phi) is 3.74. The number of hydrogen-bond donors (Lipinski definition) is 2. The number of hydrogen-bond acceptors (Lipinski definition) is 4. The molecule has 18 heavy (non-hydrogen) atoms. The molecule has 2 rings (SSSR count). The van der Waals surface area contributed by atoms with Gasteiger partial charge >= 0.3 is 0 Å². The first-order valence-electron chi connectivity index (χ1n) is 6.13. The van der Waals surface area contributed by atoms with Crippen LogP contribution >= 0.6 is 0 Å². The molecule has 1 aromatic heterocycles. The Morgan fingerprint density at radius 2 is 2.22 bits per heavy atom. The Bertz CT molecular complexity index is 504. The van der Waals surface area contributed by atoms with E-state index < -0.39 is 10.0 Å². The number of likely N-dealkylation sites (N-methyl/N-ethyl adjacent to an activating group) is 1. The number of sulfonamides is 1. The van der Waals surface area contributed by atoms with Gasteiger partial charge in [0.05, 0.1) is 11.4 Å². The molecule has 0 saturated carbocycles. The van der Waals surface area contributed by atoms with Crippen LogP contribution < -0.4 is 4.72 Å². The van der Waals surface area contributed by atoms with Crippen LogP contribution in [0.3, 0.4) is 0 Å². The van der Waals surface area contributed by atoms with Gasteiger partial charge in [-0.05, 0) is 40.3 Å². The van der Waals surface area contributed by atoms with E-state index in [-0.39, 0.29) is 4.90 Å². The maximum atomic E-state index is 12.2. The third-order valence-electron chi connectivity index (χ3n) is 3.51. The van der Waals surface area contributed by atoms with Crippen molar-refractivity contribution >= 4 is 10.0 Å². The zero-order valence-electron chi connectivity index (χ0n) is 11.0. The molecular formula is C11H20N4O2S. The van der Waals surface area contributed by atoms with Crippen molar-refractivity contribution in [2.24, 2.45) is 0 Å². The summed E-state index contributed by atoms with van der Waals surface area (Å²) in [5.74, 6) is 0. The zero-order valence-corrected chi connectivity index (χ0v) is 11.8. The van der Waals surface area contributed by atoms with Crippen LogP contribution in [-0.4, -0.2) is 49.7 Å². The van der Waals surface area contributed by atoms with Gasteiger partial charge < -0.3 is 4.90 Å². The lowest BCUT2D eigenvalue weighted by atomic mass is 10.2. The SMILES string of the molecule is Cc1n[nH]c(C)c1S(=O)(=O)NCC1CCCN1C. The maximum absolute atomic E-state index is 12.2. The quantitative estimate of drug-likeness (QED) is 0.831. The van der Waals surface area contributed by atoms with Crippen molar-refractivity contribution in [3.05, 3.63) is 11.4 Å². The molecule has 102 valence electrons. The average Bonchev–Trinajstić information content (AvgIpc) is 2.83. The summed E-state index contributed by atoms with van der Waals surface area (Å²) in [6, 6.07) is 0.298. The molecule has 1 unspecified atom stereocenters. The molecule has 0 amide bonds. The summed E-state index contributed by atoms with van der Waals surface area (Å²) in [4.78, 5) is 2.47. The van der Waals surface area contributed by atoms with Gasteiger partial charge in [-0.25, -0.2) is 13.1 Å². The van der Waals surface area contributed by atoms with E-state index in [4.69, 9.17) is 0 Å². The number of aryl methyl sites for hydroxylation is 2. The maximum Gasteiger partial charge on any atom is 0.244 e. The topological polar surface area (TPSA) is 78.1 Å². The van der Waals surface area contributed by atoms with Crippen LogP contribution in [0.1, 0.15) is 24.2 Å². The van der Waals surface area contributed by atoms with E-state index in [1.165, 1.54) is 0 Å². The van der Waals surface area contributed by atoms with Crippen LogP contribution in [0.5, 0.6) is 0 Å². The summed E-state index contributed by atoms with van der Waals surface area (Å²) >= 11 is 0. The molecule has 0 bridgehead atoms. The Labute approximate surface area is 108 Å². The van der Waals surface area contributed by atoms with Crippen molar-refractivity contribution in [2.75, 3.05) is 20.1 Å². The van der Waals surface area contributed by atoms with Gasteiger partial charge in [0, 0.05) is 12.6 Å². The second kappa shape index (κ2) is 4.99. The van der Waals surface area contributed by atoms with Crippen molar-refractivity contribution in [1.29, 1.82) is 0 Å². The number of aromatic nitrogens is 2. The Balaban J connectivity index is 2.08. The van der Waals surface area contributed by atoms with Crippen molar-refractivity contribution in [3.8, 4) is 0 Å². The minimum absolute atomic E-state index is 0.281. The summed E-state index contributed by atoms with van der Waals surface area (Å²) < 4.78 is 27.1. The standard InChI is InChI=1S/C11H20N4O2S/c1-8-11(9(2)14-13-8)18(16,17)12-7-10-5-4-6-15(10)3/h10,12H,4-7H2,1-3H3,(H,13,14). The van der Waals surface area contributed by atoms with Gasteiger partial charge in [-0.1, -0.05) is 0 Å². The predicted molar refractivity (Wildman–Crippen MR) is 68.9 cm³/mol. The molecule has 1 aliphatic rings. The molecule has 6 nitrogen and oxygen atoms in total. The van der Waals surface area contributed by atoms with Crippen LogP contribution in [0.25, 0.3) is 0 Å². The van der Waals surface area contributed by atoms with Gasteiger partial charge in [-0.2, -0.15) is 5.10 Å². The lowest BCUT2D eigenvalue weighted by molar-refractivity contribution is 0.311. The minimum atomic E-state index is -3.46. The van der Waals surface area contributed by atoms with E-state index in [0.717, 1.165) is 19.4 Å². The van der Waals surface area contributed by atoms with Gasteiger partial charge in [-0.3, -0.25) is 5.10 Å². The van der Waals surface area contributed by atoms with Gasteiger partial charge in [0.2, 0.25) is 10.0 Å². The first kappa shape index (κ1) is 13.5. The molecule has 0 aromatic carbocycles. The molecule has 2 N–H and O–H groups in total. The first-order chi connectivity index (χ1) is 8.42. The summed E-state index contributed by atoms with van der Waals surface area (Å²) in [6.07, 6.45) is 2.18. The third-order valence-corrected chi connectivity index (χ3v) is 5.20. The fourth-order valence-corrected chi connectivity index (χ4v) is 3.89. The van der Waals surface area contributed by atoms with Gasteiger partial charge in [-0.15, -0.1) is 0 Å². The van der Waals surface area contributed by atoms with E-state index in [1.807, 2.05) is 7.05 Å². The number of H-pyrrole nitrogens is 1. The van der Waals surface area contributed by atoms with Crippen LogP contribution in [0.4, 0.5) is 0 Å². The number of rotatable bonds is 4. The van der Waals surface area contributed by atoms with Crippen molar-refractivity contribution in [1.82, 2.24) is 19.8 Å². The highest BCUT2D eigenvalue weighted by atomic mass is 32.2. The molecule has 0 radical (unpaired) electrons. The van der Waals surface area contributed by atoms with E-state index in [2.05, 4.69) is 19.8 Å². The normalized spacial score (nSPS) is 21.6. The van der Waals surface area contributed by atoms with Crippen LogP contribution in [0.2, 0.25) is 0 Å². The second-order valence-electron chi connectivity index (χ2n) is 4.89. The predicted octanol–water partition coefficient (Wildman–Crippen LogP) is 0.399. The molecule has 1 atom stereocenters. The molecule has 2 heterocycles. The van der Waals surface area contributed by atoms with E-state index in [9.17, 15) is 8.42 Å². The summed E-state index contributed by atoms with van der Waals surface area (Å²) in [5, 5.41) is 6.62. The smallest absolute Gasteiger partial charge is 0.244 e. The summed E-state index contributed by atoms with van der Waals surface area (Å²) in [7, 11) is -1.43. The Morgan fingerprint density at radius 1 is 1.50 bits per heavy atom. The monoisotopic (exact) mass is 272 g/mol. The fourth-order valence-electron chi connectivity index (χ4n) is 2.45. The highest BCUT2D eigenvalue weighted by Gasteiger charge is 2.26. The lowest BCUT2D eigenvalue weighted by Gasteiger charge is -2.19. The molecule has 1 fully saturated rings.